The van der Waals surface area contributed by atoms with Crippen LogP contribution in [0.1, 0.15) is 17.5 Å². The average Bonchev–Trinajstić information content (AvgIpc) is 2.15. The van der Waals surface area contributed by atoms with Crippen molar-refractivity contribution in [2.45, 2.75) is 12.8 Å². The smallest absolute Gasteiger partial charge is 0.192 e. The van der Waals surface area contributed by atoms with Crippen LogP contribution in [0.4, 0.5) is 0 Å². The number of carbonyl (C=O) groups excluding carboxylic acids is 1. The summed E-state index contributed by atoms with van der Waals surface area (Å²) >= 11 is 1.79. The van der Waals surface area contributed by atoms with Gasteiger partial charge in [0.05, 0.1) is 11.6 Å². The van der Waals surface area contributed by atoms with Gasteiger partial charge in [0.15, 0.2) is 3.79 Å². The van der Waals surface area contributed by atoms with Crippen LogP contribution in [-0.4, -0.2) is 3.79 Å². The van der Waals surface area contributed by atoms with E-state index in [1.807, 2.05) is 12.1 Å². The molecule has 0 aromatic heterocycles. The van der Waals surface area contributed by atoms with E-state index in [0.717, 1.165) is 12.0 Å². The highest BCUT2D eigenvalue weighted by Gasteiger charge is 1.97. The molecule has 0 spiro atoms. The van der Waals surface area contributed by atoms with Crippen molar-refractivity contribution in [1.82, 2.24) is 0 Å². The van der Waals surface area contributed by atoms with E-state index in [2.05, 4.69) is 6.07 Å². The predicted octanol–water partition coefficient (Wildman–Crippen LogP) is 2.45. The third kappa shape index (κ3) is 3.55. The maximum Gasteiger partial charge on any atom is 0.192 e. The van der Waals surface area contributed by atoms with Gasteiger partial charge in [0.2, 0.25) is 0 Å². The molecular formula is C10H8INO. The van der Waals surface area contributed by atoms with E-state index in [1.165, 1.54) is 0 Å². The van der Waals surface area contributed by atoms with Gasteiger partial charge >= 0.3 is 0 Å². The lowest BCUT2D eigenvalue weighted by atomic mass is 10.1. The summed E-state index contributed by atoms with van der Waals surface area (Å²) in [5.41, 5.74) is 1.76. The number of nitrogens with zero attached hydrogens (tertiary/aromatic N) is 1. The van der Waals surface area contributed by atoms with Crippen molar-refractivity contribution in [2.75, 3.05) is 0 Å². The summed E-state index contributed by atoms with van der Waals surface area (Å²) in [6.07, 6.45) is 1.32. The molecule has 0 amide bonds. The van der Waals surface area contributed by atoms with E-state index in [1.54, 1.807) is 34.7 Å². The molecule has 0 aliphatic carbocycles. The summed E-state index contributed by atoms with van der Waals surface area (Å²) < 4.78 is 0.168. The van der Waals surface area contributed by atoms with Gasteiger partial charge in [-0.15, -0.1) is 0 Å². The number of aryl methyl sites for hydroxylation is 1. The Labute approximate surface area is 90.7 Å². The Balaban J connectivity index is 2.60. The number of halogens is 1. The maximum atomic E-state index is 10.7. The van der Waals surface area contributed by atoms with Gasteiger partial charge < -0.3 is 0 Å². The Morgan fingerprint density at radius 1 is 1.38 bits per heavy atom. The van der Waals surface area contributed by atoms with Gasteiger partial charge in [-0.05, 0) is 46.7 Å². The zero-order valence-electron chi connectivity index (χ0n) is 6.96. The van der Waals surface area contributed by atoms with Crippen LogP contribution in [0.15, 0.2) is 24.3 Å². The van der Waals surface area contributed by atoms with E-state index in [4.69, 9.17) is 5.26 Å². The van der Waals surface area contributed by atoms with Gasteiger partial charge in [0, 0.05) is 6.42 Å². The molecule has 13 heavy (non-hydrogen) atoms. The standard InChI is InChI=1S/C10H8INO/c11-10(13)6-5-8-1-3-9(7-12)4-2-8/h1-4H,5-6H2. The molecule has 0 fully saturated rings. The van der Waals surface area contributed by atoms with E-state index in [9.17, 15) is 4.79 Å². The molecule has 0 aliphatic rings. The summed E-state index contributed by atoms with van der Waals surface area (Å²) in [6, 6.07) is 9.37. The third-order valence-corrected chi connectivity index (χ3v) is 2.23. The first kappa shape index (κ1) is 10.2. The minimum Gasteiger partial charge on any atom is -0.288 e. The molecule has 1 aromatic carbocycles. The summed E-state index contributed by atoms with van der Waals surface area (Å²) in [5.74, 6) is 0. The second kappa shape index (κ2) is 4.97. The molecule has 2 nitrogen and oxygen atoms in total. The molecule has 66 valence electrons. The lowest BCUT2D eigenvalue weighted by Gasteiger charge is -1.97. The second-order valence-electron chi connectivity index (χ2n) is 2.66. The normalized spacial score (nSPS) is 9.23. The van der Waals surface area contributed by atoms with Gasteiger partial charge in [-0.1, -0.05) is 12.1 Å². The van der Waals surface area contributed by atoms with Crippen LogP contribution in [0.3, 0.4) is 0 Å². The minimum atomic E-state index is 0.168. The van der Waals surface area contributed by atoms with Crippen molar-refractivity contribution in [1.29, 1.82) is 5.26 Å². The van der Waals surface area contributed by atoms with Gasteiger partial charge in [0.1, 0.15) is 0 Å². The van der Waals surface area contributed by atoms with Gasteiger partial charge in [-0.25, -0.2) is 0 Å². The molecule has 0 saturated heterocycles. The molecule has 0 radical (unpaired) electrons. The van der Waals surface area contributed by atoms with Crippen molar-refractivity contribution >= 4 is 26.4 Å². The molecule has 1 aromatic rings. The first-order chi connectivity index (χ1) is 6.22. The fourth-order valence-corrected chi connectivity index (χ4v) is 1.26. The maximum absolute atomic E-state index is 10.7. The number of benzene rings is 1. The third-order valence-electron chi connectivity index (χ3n) is 1.69. The Bertz CT molecular complexity index is 337. The van der Waals surface area contributed by atoms with Crippen molar-refractivity contribution in [3.63, 3.8) is 0 Å². The topological polar surface area (TPSA) is 40.9 Å². The minimum absolute atomic E-state index is 0.168. The van der Waals surface area contributed by atoms with Crippen LogP contribution in [-0.2, 0) is 11.2 Å². The molecule has 0 aliphatic heterocycles. The van der Waals surface area contributed by atoms with Crippen molar-refractivity contribution in [3.8, 4) is 6.07 Å². The molecule has 1 rings (SSSR count). The molecule has 0 atom stereocenters. The molecule has 3 heteroatoms. The first-order valence-electron chi connectivity index (χ1n) is 3.90. The highest BCUT2D eigenvalue weighted by molar-refractivity contribution is 14.1. The Morgan fingerprint density at radius 2 is 2.00 bits per heavy atom. The van der Waals surface area contributed by atoms with E-state index in [-0.39, 0.29) is 3.79 Å². The summed E-state index contributed by atoms with van der Waals surface area (Å²) in [6.45, 7) is 0. The highest BCUT2D eigenvalue weighted by Crippen LogP contribution is 2.07. The second-order valence-corrected chi connectivity index (χ2v) is 3.87. The zero-order valence-corrected chi connectivity index (χ0v) is 9.11. The number of carbonyl (C=O) groups is 1. The van der Waals surface area contributed by atoms with E-state index in [0.29, 0.717) is 12.0 Å². The van der Waals surface area contributed by atoms with E-state index < -0.39 is 0 Å². The number of hydrogen-bond acceptors (Lipinski definition) is 2. The Kier molecular flexibility index (Phi) is 3.90. The molecular weight excluding hydrogens is 277 g/mol. The van der Waals surface area contributed by atoms with Gasteiger partial charge in [0.25, 0.3) is 0 Å². The highest BCUT2D eigenvalue weighted by atomic mass is 127. The van der Waals surface area contributed by atoms with Crippen LogP contribution in [0.25, 0.3) is 0 Å². The predicted molar refractivity (Wildman–Crippen MR) is 58.5 cm³/mol. The Hall–Kier alpha value is -0.890. The van der Waals surface area contributed by atoms with Crippen molar-refractivity contribution in [2.24, 2.45) is 0 Å². The largest absolute Gasteiger partial charge is 0.288 e. The summed E-state index contributed by atoms with van der Waals surface area (Å²) in [7, 11) is 0. The average molecular weight is 285 g/mol. The van der Waals surface area contributed by atoms with Crippen LogP contribution in [0.2, 0.25) is 0 Å². The van der Waals surface area contributed by atoms with Crippen LogP contribution in [0.5, 0.6) is 0 Å². The quantitative estimate of drug-likeness (QED) is 0.632. The molecule has 0 heterocycles. The first-order valence-corrected chi connectivity index (χ1v) is 4.97. The number of nitriles is 1. The Morgan fingerprint density at radius 3 is 2.46 bits per heavy atom. The van der Waals surface area contributed by atoms with Gasteiger partial charge in [-0.3, -0.25) is 4.79 Å². The van der Waals surface area contributed by atoms with Crippen LogP contribution >= 0.6 is 22.6 Å². The molecule has 0 bridgehead atoms. The lowest BCUT2D eigenvalue weighted by Crippen LogP contribution is -1.90. The fraction of sp³-hybridized carbons (Fsp3) is 0.200. The summed E-state index contributed by atoms with van der Waals surface area (Å²) in [5, 5.41) is 8.54. The fourth-order valence-electron chi connectivity index (χ4n) is 0.989. The van der Waals surface area contributed by atoms with E-state index >= 15 is 0 Å². The van der Waals surface area contributed by atoms with Crippen molar-refractivity contribution < 1.29 is 4.79 Å². The molecule has 0 saturated carbocycles. The molecule has 0 N–H and O–H groups in total. The zero-order chi connectivity index (χ0) is 9.68. The van der Waals surface area contributed by atoms with Crippen molar-refractivity contribution in [3.05, 3.63) is 35.4 Å². The monoisotopic (exact) mass is 285 g/mol. The van der Waals surface area contributed by atoms with Gasteiger partial charge in [-0.2, -0.15) is 5.26 Å². The SMILES string of the molecule is N#Cc1ccc(CCC(=O)I)cc1. The molecule has 0 unspecified atom stereocenters. The van der Waals surface area contributed by atoms with Crippen LogP contribution < -0.4 is 0 Å². The lowest BCUT2D eigenvalue weighted by molar-refractivity contribution is -0.109. The summed E-state index contributed by atoms with van der Waals surface area (Å²) in [4.78, 5) is 10.7. The number of rotatable bonds is 3. The number of hydrogen-bond donors (Lipinski definition) is 0. The van der Waals surface area contributed by atoms with Crippen LogP contribution in [0, 0.1) is 11.3 Å².